The molecule has 1 aliphatic heterocycles. The Hall–Kier alpha value is -5.22. The van der Waals surface area contributed by atoms with Gasteiger partial charge in [-0.05, 0) is 35.4 Å². The second-order valence-electron chi connectivity index (χ2n) is 12.8. The Morgan fingerprint density at radius 1 is 0.500 bits per heavy atom. The lowest BCUT2D eigenvalue weighted by molar-refractivity contribution is 0.586. The fourth-order valence-corrected chi connectivity index (χ4v) is 11.7. The van der Waals surface area contributed by atoms with E-state index in [1.54, 1.807) is 11.3 Å². The monoisotopic (exact) mass is 655 g/mol. The van der Waals surface area contributed by atoms with Crippen molar-refractivity contribution in [3.05, 3.63) is 157 Å². The Labute approximate surface area is 283 Å². The van der Waals surface area contributed by atoms with Crippen LogP contribution in [0.15, 0.2) is 146 Å². The first kappa shape index (κ1) is 29.0. The van der Waals surface area contributed by atoms with Gasteiger partial charge in [0.1, 0.15) is 0 Å². The molecule has 0 amide bonds. The molecule has 0 fully saturated rings. The smallest absolute Gasteiger partial charge is 0.171 e. The molecule has 9 rings (SSSR count). The Balaban J connectivity index is 1.32. The summed E-state index contributed by atoms with van der Waals surface area (Å²) in [7, 11) is -3.34. The van der Waals surface area contributed by atoms with Crippen LogP contribution >= 0.6 is 18.5 Å². The number of thiophene rings is 1. The van der Waals surface area contributed by atoms with Crippen LogP contribution in [0, 0.1) is 0 Å². The third kappa shape index (κ3) is 4.42. The summed E-state index contributed by atoms with van der Waals surface area (Å²) in [5.41, 5.74) is 4.42. The standard InChI is InChI=1S/C42H30N3OPS/c1-42(2)33-23-22-29(41-44-39(27-14-6-3-7-15-27)43-40(45-41)28-16-8-4-9-17-28)24-35(33)47(46,30-18-10-5-11-19-30)36-25-32-31-20-12-13-21-37(31)48-38(32)26-34(36)42/h3-26H,1-2H3. The highest BCUT2D eigenvalue weighted by atomic mass is 32.1. The fraction of sp³-hybridized carbons (Fsp3) is 0.0714. The number of nitrogens with zero attached hydrogens (tertiary/aromatic N) is 3. The van der Waals surface area contributed by atoms with Gasteiger partial charge in [0.2, 0.25) is 0 Å². The summed E-state index contributed by atoms with van der Waals surface area (Å²) in [4.78, 5) is 14.9. The average molecular weight is 656 g/mol. The van der Waals surface area contributed by atoms with Crippen LogP contribution in [0.1, 0.15) is 25.0 Å². The van der Waals surface area contributed by atoms with Crippen molar-refractivity contribution in [1.29, 1.82) is 0 Å². The van der Waals surface area contributed by atoms with Gasteiger partial charge in [-0.2, -0.15) is 0 Å². The van der Waals surface area contributed by atoms with Gasteiger partial charge >= 0.3 is 0 Å². The topological polar surface area (TPSA) is 55.7 Å². The highest BCUT2D eigenvalue weighted by molar-refractivity contribution is 7.85. The van der Waals surface area contributed by atoms with E-state index in [-0.39, 0.29) is 5.41 Å². The maximum atomic E-state index is 16.2. The summed E-state index contributed by atoms with van der Waals surface area (Å²) in [5, 5.41) is 4.92. The third-order valence-corrected chi connectivity index (χ3v) is 13.9. The third-order valence-electron chi connectivity index (χ3n) is 9.60. The van der Waals surface area contributed by atoms with Crippen molar-refractivity contribution in [2.45, 2.75) is 19.3 Å². The van der Waals surface area contributed by atoms with Crippen LogP contribution in [0.3, 0.4) is 0 Å². The van der Waals surface area contributed by atoms with Crippen LogP contribution in [0.4, 0.5) is 0 Å². The van der Waals surface area contributed by atoms with Gasteiger partial charge in [-0.15, -0.1) is 11.3 Å². The molecule has 48 heavy (non-hydrogen) atoms. The molecule has 6 heteroatoms. The minimum Gasteiger partial charge on any atom is -0.309 e. The molecule has 2 aromatic heterocycles. The number of aromatic nitrogens is 3. The number of benzene rings is 6. The van der Waals surface area contributed by atoms with E-state index in [9.17, 15) is 0 Å². The molecule has 0 saturated heterocycles. The van der Waals surface area contributed by atoms with Crippen LogP contribution in [0.5, 0.6) is 0 Å². The molecule has 1 unspecified atom stereocenters. The van der Waals surface area contributed by atoms with Crippen molar-refractivity contribution in [2.24, 2.45) is 0 Å². The summed E-state index contributed by atoms with van der Waals surface area (Å²) in [6.45, 7) is 4.50. The van der Waals surface area contributed by atoms with Crippen molar-refractivity contribution >= 4 is 54.6 Å². The van der Waals surface area contributed by atoms with Crippen molar-refractivity contribution in [1.82, 2.24) is 15.0 Å². The van der Waals surface area contributed by atoms with Gasteiger partial charge in [-0.25, -0.2) is 15.0 Å². The maximum absolute atomic E-state index is 16.2. The van der Waals surface area contributed by atoms with Gasteiger partial charge in [0, 0.05) is 58.2 Å². The highest BCUT2D eigenvalue weighted by Gasteiger charge is 2.45. The van der Waals surface area contributed by atoms with E-state index in [1.807, 2.05) is 91.0 Å². The molecule has 1 aliphatic rings. The molecule has 3 heterocycles. The number of hydrogen-bond donors (Lipinski definition) is 0. The maximum Gasteiger partial charge on any atom is 0.171 e. The zero-order valence-electron chi connectivity index (χ0n) is 26.5. The largest absolute Gasteiger partial charge is 0.309 e. The number of hydrogen-bond acceptors (Lipinski definition) is 5. The van der Waals surface area contributed by atoms with E-state index < -0.39 is 7.14 Å². The zero-order chi connectivity index (χ0) is 32.5. The lowest BCUT2D eigenvalue weighted by Gasteiger charge is -2.40. The Kier molecular flexibility index (Phi) is 6.59. The van der Waals surface area contributed by atoms with Gasteiger partial charge in [0.15, 0.2) is 24.6 Å². The minimum absolute atomic E-state index is 0.389. The van der Waals surface area contributed by atoms with Crippen molar-refractivity contribution in [3.63, 3.8) is 0 Å². The predicted molar refractivity (Wildman–Crippen MR) is 201 cm³/mol. The summed E-state index contributed by atoms with van der Waals surface area (Å²) in [6.07, 6.45) is 0. The first-order valence-corrected chi connectivity index (χ1v) is 18.6. The Morgan fingerprint density at radius 2 is 1.04 bits per heavy atom. The molecule has 6 aromatic carbocycles. The molecule has 4 nitrogen and oxygen atoms in total. The highest BCUT2D eigenvalue weighted by Crippen LogP contribution is 2.54. The lowest BCUT2D eigenvalue weighted by Crippen LogP contribution is -2.42. The first-order valence-electron chi connectivity index (χ1n) is 16.1. The van der Waals surface area contributed by atoms with Crippen LogP contribution in [0.25, 0.3) is 54.3 Å². The molecular formula is C42H30N3OPS. The molecule has 0 bridgehead atoms. The van der Waals surface area contributed by atoms with Crippen LogP contribution < -0.4 is 15.9 Å². The van der Waals surface area contributed by atoms with Crippen molar-refractivity contribution in [3.8, 4) is 34.2 Å². The van der Waals surface area contributed by atoms with Gasteiger partial charge < -0.3 is 4.57 Å². The molecule has 0 spiro atoms. The molecule has 0 radical (unpaired) electrons. The molecule has 0 aliphatic carbocycles. The average Bonchev–Trinajstić information content (AvgIpc) is 3.52. The SMILES string of the molecule is CC1(C)c2ccc(-c3nc(-c4ccccc4)nc(-c4ccccc4)n3)cc2P(=O)(c2ccccc2)c2cc3c(cc21)sc1ccccc13. The predicted octanol–water partition coefficient (Wildman–Crippen LogP) is 9.52. The van der Waals surface area contributed by atoms with E-state index in [0.29, 0.717) is 17.5 Å². The minimum atomic E-state index is -3.34. The first-order chi connectivity index (χ1) is 23.4. The van der Waals surface area contributed by atoms with Crippen LogP contribution in [-0.2, 0) is 9.98 Å². The van der Waals surface area contributed by atoms with E-state index in [1.165, 1.54) is 14.8 Å². The van der Waals surface area contributed by atoms with Gasteiger partial charge in [-0.3, -0.25) is 0 Å². The second-order valence-corrected chi connectivity index (χ2v) is 16.6. The van der Waals surface area contributed by atoms with Gasteiger partial charge in [0.25, 0.3) is 0 Å². The van der Waals surface area contributed by atoms with E-state index in [4.69, 9.17) is 15.0 Å². The summed E-state index contributed by atoms with van der Waals surface area (Å²) in [6, 6.07) is 49.3. The Bertz CT molecular complexity index is 2500. The van der Waals surface area contributed by atoms with Gasteiger partial charge in [0.05, 0.1) is 0 Å². The molecular weight excluding hydrogens is 626 g/mol. The number of fused-ring (bicyclic) bond motifs is 5. The fourth-order valence-electron chi connectivity index (χ4n) is 7.11. The molecule has 0 N–H and O–H groups in total. The summed E-state index contributed by atoms with van der Waals surface area (Å²) in [5.74, 6) is 1.75. The second kappa shape index (κ2) is 10.9. The van der Waals surface area contributed by atoms with Crippen LogP contribution in [-0.4, -0.2) is 15.0 Å². The van der Waals surface area contributed by atoms with Crippen molar-refractivity contribution < 1.29 is 4.57 Å². The summed E-state index contributed by atoms with van der Waals surface area (Å²) < 4.78 is 18.6. The van der Waals surface area contributed by atoms with E-state index >= 15 is 4.57 Å². The normalized spacial score (nSPS) is 16.5. The van der Waals surface area contributed by atoms with E-state index in [2.05, 4.69) is 68.4 Å². The number of rotatable bonds is 4. The molecule has 0 saturated carbocycles. The van der Waals surface area contributed by atoms with Crippen molar-refractivity contribution in [2.75, 3.05) is 0 Å². The molecule has 1 atom stereocenters. The molecule has 8 aromatic rings. The van der Waals surface area contributed by atoms with Crippen LogP contribution in [0.2, 0.25) is 0 Å². The quantitative estimate of drug-likeness (QED) is 0.177. The summed E-state index contributed by atoms with van der Waals surface area (Å²) >= 11 is 1.80. The molecule has 230 valence electrons. The lowest BCUT2D eigenvalue weighted by atomic mass is 9.77. The van der Waals surface area contributed by atoms with Gasteiger partial charge in [-0.1, -0.05) is 135 Å². The zero-order valence-corrected chi connectivity index (χ0v) is 28.2. The van der Waals surface area contributed by atoms with E-state index in [0.717, 1.165) is 49.1 Å². The Morgan fingerprint density at radius 3 is 1.69 bits per heavy atom.